The average Bonchev–Trinajstić information content (AvgIpc) is 2.80. The summed E-state index contributed by atoms with van der Waals surface area (Å²) in [5.74, 6) is 1.69. The van der Waals surface area contributed by atoms with Crippen LogP contribution in [0.25, 0.3) is 0 Å². The summed E-state index contributed by atoms with van der Waals surface area (Å²) in [6, 6.07) is 2.06. The lowest BCUT2D eigenvalue weighted by molar-refractivity contribution is 0.469. The van der Waals surface area contributed by atoms with E-state index in [0.29, 0.717) is 0 Å². The van der Waals surface area contributed by atoms with Gasteiger partial charge in [0, 0.05) is 40.1 Å². The maximum Gasteiger partial charge on any atom is 0.202 e. The Morgan fingerprint density at radius 1 is 1.22 bits per heavy atom. The highest BCUT2D eigenvalue weighted by Crippen LogP contribution is 2.06. The summed E-state index contributed by atoms with van der Waals surface area (Å²) >= 11 is 0. The molecule has 2 rings (SSSR count). The van der Waals surface area contributed by atoms with Crippen molar-refractivity contribution in [2.45, 2.75) is 19.6 Å². The molecule has 0 saturated heterocycles. The van der Waals surface area contributed by atoms with Crippen LogP contribution >= 0.6 is 0 Å². The number of aromatic amines is 1. The summed E-state index contributed by atoms with van der Waals surface area (Å²) < 4.78 is 0. The fourth-order valence-corrected chi connectivity index (χ4v) is 1.77. The highest BCUT2D eigenvalue weighted by atomic mass is 15.4. The monoisotopic (exact) mass is 248 g/mol. The lowest BCUT2D eigenvalue weighted by atomic mass is 10.3. The molecule has 0 saturated carbocycles. The van der Waals surface area contributed by atoms with Crippen LogP contribution in [-0.2, 0) is 6.54 Å². The molecule has 6 heteroatoms. The summed E-state index contributed by atoms with van der Waals surface area (Å²) in [5, 5.41) is 3.24. The Labute approximate surface area is 107 Å². The molecule has 98 valence electrons. The fraction of sp³-hybridized carbons (Fsp3) is 0.500. The number of hydrogen-bond acceptors (Lipinski definition) is 5. The lowest BCUT2D eigenvalue weighted by Gasteiger charge is -2.29. The van der Waals surface area contributed by atoms with E-state index in [1.807, 2.05) is 45.4 Å². The van der Waals surface area contributed by atoms with Crippen LogP contribution in [-0.4, -0.2) is 54.0 Å². The number of nitrogens with one attached hydrogen (secondary N) is 2. The molecule has 2 N–H and O–H groups in total. The second-order valence-corrected chi connectivity index (χ2v) is 4.63. The first-order valence-electron chi connectivity index (χ1n) is 5.99. The first-order chi connectivity index (χ1) is 8.56. The Kier molecular flexibility index (Phi) is 3.55. The Balaban J connectivity index is 2.04. The molecule has 6 nitrogen and oxygen atoms in total. The molecule has 0 aliphatic carbocycles. The third kappa shape index (κ3) is 2.82. The smallest absolute Gasteiger partial charge is 0.202 e. The van der Waals surface area contributed by atoms with Crippen molar-refractivity contribution in [1.82, 2.24) is 20.1 Å². The molecular formula is C12H20N6. The van der Waals surface area contributed by atoms with Crippen molar-refractivity contribution in [3.8, 4) is 0 Å². The standard InChI is InChI=1S/C12H20N6/c1-9-14-11(17(2)3)16-12(15-9)18(4)8-10-5-6-13-7-10/h5-7,9,13H,8H2,1-4H3,(H,14,15,16). The second-order valence-electron chi connectivity index (χ2n) is 4.63. The van der Waals surface area contributed by atoms with Crippen molar-refractivity contribution in [3.63, 3.8) is 0 Å². The van der Waals surface area contributed by atoms with Gasteiger partial charge in [-0.15, -0.1) is 0 Å². The predicted molar refractivity (Wildman–Crippen MR) is 73.4 cm³/mol. The van der Waals surface area contributed by atoms with Crippen molar-refractivity contribution >= 4 is 11.9 Å². The minimum absolute atomic E-state index is 0.0488. The molecule has 0 spiro atoms. The fourth-order valence-electron chi connectivity index (χ4n) is 1.77. The van der Waals surface area contributed by atoms with Gasteiger partial charge >= 0.3 is 0 Å². The van der Waals surface area contributed by atoms with Gasteiger partial charge in [-0.2, -0.15) is 0 Å². The Morgan fingerprint density at radius 2 is 1.94 bits per heavy atom. The maximum absolute atomic E-state index is 4.50. The summed E-state index contributed by atoms with van der Waals surface area (Å²) in [5.41, 5.74) is 1.23. The summed E-state index contributed by atoms with van der Waals surface area (Å²) in [6.07, 6.45) is 3.87. The highest BCUT2D eigenvalue weighted by Gasteiger charge is 2.17. The van der Waals surface area contributed by atoms with Crippen LogP contribution in [0.2, 0.25) is 0 Å². The Morgan fingerprint density at radius 3 is 2.56 bits per heavy atom. The molecule has 0 amide bonds. The van der Waals surface area contributed by atoms with Gasteiger partial charge < -0.3 is 14.8 Å². The van der Waals surface area contributed by atoms with Gasteiger partial charge in [0.2, 0.25) is 11.9 Å². The number of nitrogens with zero attached hydrogens (tertiary/aromatic N) is 4. The molecule has 0 fully saturated rings. The number of aliphatic imine (C=N–C) groups is 2. The highest BCUT2D eigenvalue weighted by molar-refractivity contribution is 5.99. The van der Waals surface area contributed by atoms with Gasteiger partial charge in [0.25, 0.3) is 0 Å². The summed E-state index contributed by atoms with van der Waals surface area (Å²) in [4.78, 5) is 16.0. The molecule has 2 heterocycles. The maximum atomic E-state index is 4.50. The first-order valence-corrected chi connectivity index (χ1v) is 5.99. The third-order valence-corrected chi connectivity index (χ3v) is 2.71. The molecule has 18 heavy (non-hydrogen) atoms. The summed E-state index contributed by atoms with van der Waals surface area (Å²) in [6.45, 7) is 2.79. The lowest BCUT2D eigenvalue weighted by Crippen LogP contribution is -2.49. The number of guanidine groups is 2. The topological polar surface area (TPSA) is 59.0 Å². The molecule has 0 aromatic carbocycles. The largest absolute Gasteiger partial charge is 0.367 e. The SMILES string of the molecule is CC1N=C(N(C)C)NC(N(C)Cc2cc[nH]c2)=N1. The zero-order valence-electron chi connectivity index (χ0n) is 11.3. The van der Waals surface area contributed by atoms with E-state index < -0.39 is 0 Å². The van der Waals surface area contributed by atoms with Crippen LogP contribution in [0, 0.1) is 0 Å². The zero-order chi connectivity index (χ0) is 13.1. The Bertz CT molecular complexity index is 445. The average molecular weight is 248 g/mol. The van der Waals surface area contributed by atoms with E-state index in [-0.39, 0.29) is 6.17 Å². The third-order valence-electron chi connectivity index (χ3n) is 2.71. The van der Waals surface area contributed by atoms with Crippen LogP contribution in [0.1, 0.15) is 12.5 Å². The molecule has 0 bridgehead atoms. The van der Waals surface area contributed by atoms with Crippen molar-refractivity contribution < 1.29 is 0 Å². The first kappa shape index (κ1) is 12.5. The van der Waals surface area contributed by atoms with E-state index in [0.717, 1.165) is 18.5 Å². The van der Waals surface area contributed by atoms with E-state index in [2.05, 4.69) is 31.3 Å². The number of aromatic nitrogens is 1. The van der Waals surface area contributed by atoms with Crippen LogP contribution in [0.3, 0.4) is 0 Å². The van der Waals surface area contributed by atoms with Crippen molar-refractivity contribution in [2.24, 2.45) is 9.98 Å². The van der Waals surface area contributed by atoms with E-state index in [4.69, 9.17) is 0 Å². The minimum Gasteiger partial charge on any atom is -0.367 e. The Hall–Kier alpha value is -1.98. The molecule has 1 atom stereocenters. The van der Waals surface area contributed by atoms with Crippen LogP contribution < -0.4 is 5.32 Å². The summed E-state index contributed by atoms with van der Waals surface area (Å²) in [7, 11) is 5.95. The quantitative estimate of drug-likeness (QED) is 0.808. The van der Waals surface area contributed by atoms with Crippen molar-refractivity contribution in [1.29, 1.82) is 0 Å². The second kappa shape index (κ2) is 5.12. The van der Waals surface area contributed by atoms with Gasteiger partial charge in [0.15, 0.2) is 0 Å². The minimum atomic E-state index is -0.0488. The van der Waals surface area contributed by atoms with Gasteiger partial charge in [0.05, 0.1) is 0 Å². The normalized spacial score (nSPS) is 18.8. The van der Waals surface area contributed by atoms with E-state index in [1.54, 1.807) is 0 Å². The molecule has 1 unspecified atom stereocenters. The molecule has 1 aliphatic rings. The molecular weight excluding hydrogens is 228 g/mol. The molecule has 1 aromatic heterocycles. The molecule has 0 radical (unpaired) electrons. The number of rotatable bonds is 2. The number of hydrogen-bond donors (Lipinski definition) is 2. The van der Waals surface area contributed by atoms with Crippen LogP contribution in [0.15, 0.2) is 28.4 Å². The van der Waals surface area contributed by atoms with Gasteiger partial charge in [-0.3, -0.25) is 5.32 Å². The number of H-pyrrole nitrogens is 1. The van der Waals surface area contributed by atoms with E-state index >= 15 is 0 Å². The molecule has 1 aliphatic heterocycles. The van der Waals surface area contributed by atoms with E-state index in [9.17, 15) is 0 Å². The zero-order valence-corrected chi connectivity index (χ0v) is 11.3. The van der Waals surface area contributed by atoms with Crippen molar-refractivity contribution in [3.05, 3.63) is 24.0 Å². The van der Waals surface area contributed by atoms with Crippen LogP contribution in [0.5, 0.6) is 0 Å². The predicted octanol–water partition coefficient (Wildman–Crippen LogP) is 0.669. The molecule has 1 aromatic rings. The van der Waals surface area contributed by atoms with Crippen LogP contribution in [0.4, 0.5) is 0 Å². The van der Waals surface area contributed by atoms with Gasteiger partial charge in [-0.05, 0) is 18.6 Å². The van der Waals surface area contributed by atoms with E-state index in [1.165, 1.54) is 5.56 Å². The van der Waals surface area contributed by atoms with Gasteiger partial charge in [-0.25, -0.2) is 9.98 Å². The van der Waals surface area contributed by atoms with Gasteiger partial charge in [0.1, 0.15) is 6.17 Å². The van der Waals surface area contributed by atoms with Gasteiger partial charge in [-0.1, -0.05) is 0 Å². The van der Waals surface area contributed by atoms with Crippen molar-refractivity contribution in [2.75, 3.05) is 21.1 Å².